The number of carbonyl (C=O) groups is 2. The van der Waals surface area contributed by atoms with Gasteiger partial charge in [-0.1, -0.05) is 11.6 Å². The van der Waals surface area contributed by atoms with Crippen molar-refractivity contribution in [2.24, 2.45) is 0 Å². The minimum atomic E-state index is -4.84. The van der Waals surface area contributed by atoms with Gasteiger partial charge in [0.25, 0.3) is 5.91 Å². The molecule has 0 spiro atoms. The van der Waals surface area contributed by atoms with Crippen LogP contribution < -0.4 is 14.8 Å². The van der Waals surface area contributed by atoms with Crippen molar-refractivity contribution >= 4 is 29.2 Å². The Hall–Kier alpha value is -2.94. The molecule has 2 rings (SSSR count). The summed E-state index contributed by atoms with van der Waals surface area (Å²) in [6.45, 7) is 1.34. The molecule has 0 radical (unpaired) electrons. The highest BCUT2D eigenvalue weighted by molar-refractivity contribution is 6.31. The molecular weight excluding hydrogens is 403 g/mol. The lowest BCUT2D eigenvalue weighted by Gasteiger charge is -2.15. The highest BCUT2D eigenvalue weighted by Crippen LogP contribution is 2.28. The molecule has 0 aromatic heterocycles. The van der Waals surface area contributed by atoms with Crippen molar-refractivity contribution in [3.63, 3.8) is 0 Å². The predicted molar refractivity (Wildman–Crippen MR) is 94.6 cm³/mol. The number of benzene rings is 2. The second-order valence-corrected chi connectivity index (χ2v) is 5.89. The van der Waals surface area contributed by atoms with Gasteiger partial charge in [-0.05, 0) is 49.4 Å². The Bertz CT molecular complexity index is 855. The topological polar surface area (TPSA) is 73.9 Å². The predicted octanol–water partition coefficient (Wildman–Crippen LogP) is 4.43. The zero-order chi connectivity index (χ0) is 20.9. The second-order valence-electron chi connectivity index (χ2n) is 5.45. The summed E-state index contributed by atoms with van der Waals surface area (Å²) in [5.41, 5.74) is 0.242. The van der Waals surface area contributed by atoms with E-state index in [1.165, 1.54) is 20.1 Å². The molecule has 0 saturated carbocycles. The molecule has 1 N–H and O–H groups in total. The SMILES string of the molecule is COc1ccc(Cl)cc1NC(=O)C(C)OC(=O)c1ccc(OC(F)(F)F)cc1. The smallest absolute Gasteiger partial charge is 0.495 e. The summed E-state index contributed by atoms with van der Waals surface area (Å²) in [5, 5.41) is 2.89. The summed E-state index contributed by atoms with van der Waals surface area (Å²) < 4.78 is 50.3. The monoisotopic (exact) mass is 417 g/mol. The van der Waals surface area contributed by atoms with Crippen LogP contribution >= 0.6 is 11.6 Å². The lowest BCUT2D eigenvalue weighted by Crippen LogP contribution is -2.30. The highest BCUT2D eigenvalue weighted by Gasteiger charge is 2.31. The largest absolute Gasteiger partial charge is 0.573 e. The highest BCUT2D eigenvalue weighted by atomic mass is 35.5. The van der Waals surface area contributed by atoms with Gasteiger partial charge < -0.3 is 19.5 Å². The number of hydrogen-bond acceptors (Lipinski definition) is 5. The molecule has 0 fully saturated rings. The number of halogens is 4. The van der Waals surface area contributed by atoms with Gasteiger partial charge in [0.1, 0.15) is 11.5 Å². The molecule has 0 heterocycles. The van der Waals surface area contributed by atoms with Crippen molar-refractivity contribution in [2.75, 3.05) is 12.4 Å². The first kappa shape index (κ1) is 21.4. The number of anilines is 1. The number of alkyl halides is 3. The Kier molecular flexibility index (Phi) is 6.74. The minimum Gasteiger partial charge on any atom is -0.495 e. The molecule has 1 atom stereocenters. The van der Waals surface area contributed by atoms with Crippen molar-refractivity contribution in [1.29, 1.82) is 0 Å². The molecule has 1 unspecified atom stereocenters. The average molecular weight is 418 g/mol. The van der Waals surface area contributed by atoms with E-state index in [1.54, 1.807) is 12.1 Å². The standard InChI is InChI=1S/C18H15ClF3NO5/c1-10(16(24)23-14-9-12(19)5-8-15(14)26-2)27-17(25)11-3-6-13(7-4-11)28-18(20,21)22/h3-10H,1-2H3,(H,23,24). The van der Waals surface area contributed by atoms with Crippen LogP contribution in [0.3, 0.4) is 0 Å². The molecule has 2 aromatic rings. The van der Waals surface area contributed by atoms with Gasteiger partial charge in [-0.3, -0.25) is 4.79 Å². The van der Waals surface area contributed by atoms with E-state index in [4.69, 9.17) is 21.1 Å². The third-order valence-corrected chi connectivity index (χ3v) is 3.63. The number of rotatable bonds is 6. The van der Waals surface area contributed by atoms with Crippen LogP contribution in [0.5, 0.6) is 11.5 Å². The third kappa shape index (κ3) is 6.05. The zero-order valence-corrected chi connectivity index (χ0v) is 15.4. The van der Waals surface area contributed by atoms with Crippen molar-refractivity contribution in [1.82, 2.24) is 0 Å². The quantitative estimate of drug-likeness (QED) is 0.704. The van der Waals surface area contributed by atoms with E-state index >= 15 is 0 Å². The number of hydrogen-bond donors (Lipinski definition) is 1. The molecule has 0 saturated heterocycles. The number of nitrogens with one attached hydrogen (secondary N) is 1. The van der Waals surface area contributed by atoms with Gasteiger partial charge in [-0.2, -0.15) is 0 Å². The van der Waals surface area contributed by atoms with E-state index in [0.29, 0.717) is 10.8 Å². The summed E-state index contributed by atoms with van der Waals surface area (Å²) in [6.07, 6.45) is -6.03. The lowest BCUT2D eigenvalue weighted by atomic mass is 10.2. The lowest BCUT2D eigenvalue weighted by molar-refractivity contribution is -0.274. The number of ether oxygens (including phenoxy) is 3. The summed E-state index contributed by atoms with van der Waals surface area (Å²) in [6, 6.07) is 8.70. The fourth-order valence-corrected chi connectivity index (χ4v) is 2.26. The molecule has 150 valence electrons. The Morgan fingerprint density at radius 2 is 1.75 bits per heavy atom. The van der Waals surface area contributed by atoms with Gasteiger partial charge in [-0.25, -0.2) is 4.79 Å². The van der Waals surface area contributed by atoms with Crippen LogP contribution in [0, 0.1) is 0 Å². The van der Waals surface area contributed by atoms with E-state index in [0.717, 1.165) is 24.3 Å². The van der Waals surface area contributed by atoms with E-state index in [1.807, 2.05) is 0 Å². The molecule has 2 aromatic carbocycles. The molecule has 28 heavy (non-hydrogen) atoms. The summed E-state index contributed by atoms with van der Waals surface area (Å²) in [4.78, 5) is 24.3. The van der Waals surface area contributed by atoms with Crippen molar-refractivity contribution in [2.45, 2.75) is 19.4 Å². The Morgan fingerprint density at radius 3 is 2.32 bits per heavy atom. The van der Waals surface area contributed by atoms with Gasteiger partial charge >= 0.3 is 12.3 Å². The van der Waals surface area contributed by atoms with Crippen molar-refractivity contribution < 1.29 is 37.0 Å². The van der Waals surface area contributed by atoms with Crippen LogP contribution in [0.25, 0.3) is 0 Å². The van der Waals surface area contributed by atoms with E-state index in [9.17, 15) is 22.8 Å². The molecule has 0 aliphatic heterocycles. The fraction of sp³-hybridized carbons (Fsp3) is 0.222. The van der Waals surface area contributed by atoms with Gasteiger partial charge in [0.15, 0.2) is 6.10 Å². The number of carbonyl (C=O) groups excluding carboxylic acids is 2. The third-order valence-electron chi connectivity index (χ3n) is 3.40. The molecule has 0 bridgehead atoms. The van der Waals surface area contributed by atoms with Gasteiger partial charge in [0.2, 0.25) is 0 Å². The molecule has 1 amide bonds. The number of amides is 1. The zero-order valence-electron chi connectivity index (χ0n) is 14.7. The van der Waals surface area contributed by atoms with Crippen LogP contribution in [0.4, 0.5) is 18.9 Å². The molecule has 0 aliphatic rings. The Balaban J connectivity index is 2.00. The summed E-state index contributed by atoms with van der Waals surface area (Å²) >= 11 is 5.88. The van der Waals surface area contributed by atoms with E-state index in [2.05, 4.69) is 10.1 Å². The Morgan fingerprint density at radius 1 is 1.11 bits per heavy atom. The van der Waals surface area contributed by atoms with Gasteiger partial charge in [-0.15, -0.1) is 13.2 Å². The first-order valence-corrected chi connectivity index (χ1v) is 8.18. The number of methoxy groups -OCH3 is 1. The van der Waals surface area contributed by atoms with Crippen LogP contribution in [0.2, 0.25) is 5.02 Å². The van der Waals surface area contributed by atoms with Crippen LogP contribution in [-0.4, -0.2) is 31.5 Å². The molecule has 6 nitrogen and oxygen atoms in total. The van der Waals surface area contributed by atoms with Crippen molar-refractivity contribution in [3.05, 3.63) is 53.1 Å². The summed E-state index contributed by atoms with van der Waals surface area (Å²) in [5.74, 6) is -1.66. The maximum atomic E-state index is 12.2. The number of esters is 1. The average Bonchev–Trinajstić information content (AvgIpc) is 2.61. The van der Waals surface area contributed by atoms with E-state index in [-0.39, 0.29) is 11.3 Å². The maximum Gasteiger partial charge on any atom is 0.573 e. The van der Waals surface area contributed by atoms with Crippen LogP contribution in [0.1, 0.15) is 17.3 Å². The fourth-order valence-electron chi connectivity index (χ4n) is 2.09. The Labute approximate surface area is 163 Å². The molecule has 0 aliphatic carbocycles. The normalized spacial score (nSPS) is 12.1. The molecule has 10 heteroatoms. The van der Waals surface area contributed by atoms with Gasteiger partial charge in [0, 0.05) is 5.02 Å². The minimum absolute atomic E-state index is 0.0467. The molecular formula is C18H15ClF3NO5. The summed E-state index contributed by atoms with van der Waals surface area (Å²) in [7, 11) is 1.41. The van der Waals surface area contributed by atoms with Crippen LogP contribution in [0.15, 0.2) is 42.5 Å². The maximum absolute atomic E-state index is 12.2. The van der Waals surface area contributed by atoms with E-state index < -0.39 is 30.1 Å². The van der Waals surface area contributed by atoms with Crippen LogP contribution in [-0.2, 0) is 9.53 Å². The van der Waals surface area contributed by atoms with Crippen molar-refractivity contribution in [3.8, 4) is 11.5 Å². The first-order valence-electron chi connectivity index (χ1n) is 7.80. The van der Waals surface area contributed by atoms with Gasteiger partial charge in [0.05, 0.1) is 18.4 Å². The first-order chi connectivity index (χ1) is 13.1. The second kappa shape index (κ2) is 8.83.